The highest BCUT2D eigenvalue weighted by molar-refractivity contribution is 5.95. The molecule has 0 heterocycles. The van der Waals surface area contributed by atoms with E-state index in [-0.39, 0.29) is 5.91 Å². The van der Waals surface area contributed by atoms with E-state index in [4.69, 9.17) is 0 Å². The fraction of sp³-hybridized carbons (Fsp3) is 0.385. The van der Waals surface area contributed by atoms with Crippen molar-refractivity contribution in [1.29, 1.82) is 0 Å². The Labute approximate surface area is 106 Å². The molecule has 18 heavy (non-hydrogen) atoms. The van der Waals surface area contributed by atoms with Crippen molar-refractivity contribution in [2.45, 2.75) is 25.7 Å². The van der Waals surface area contributed by atoms with E-state index in [1.54, 1.807) is 6.07 Å². The lowest BCUT2D eigenvalue weighted by atomic mass is 9.90. The smallest absolute Gasteiger partial charge is 0.333 e. The van der Waals surface area contributed by atoms with Crippen molar-refractivity contribution in [3.63, 3.8) is 0 Å². The van der Waals surface area contributed by atoms with Gasteiger partial charge in [0.1, 0.15) is 0 Å². The molecule has 5 heteroatoms. The first-order chi connectivity index (χ1) is 8.70. The fourth-order valence-corrected chi connectivity index (χ4v) is 2.12. The number of amides is 3. The number of rotatable bonds is 1. The van der Waals surface area contributed by atoms with E-state index < -0.39 is 6.03 Å². The van der Waals surface area contributed by atoms with Crippen LogP contribution in [0, 0.1) is 0 Å². The molecular weight excluding hydrogens is 230 g/mol. The molecule has 0 saturated heterocycles. The number of urea groups is 1. The lowest BCUT2D eigenvalue weighted by molar-refractivity contribution is 0.0936. The maximum atomic E-state index is 11.8. The van der Waals surface area contributed by atoms with Crippen molar-refractivity contribution in [3.8, 4) is 0 Å². The number of carbonyl (C=O) groups is 2. The third-order valence-corrected chi connectivity index (χ3v) is 3.13. The summed E-state index contributed by atoms with van der Waals surface area (Å²) in [5.41, 5.74) is 7.77. The van der Waals surface area contributed by atoms with Crippen LogP contribution in [0.25, 0.3) is 0 Å². The maximum absolute atomic E-state index is 11.8. The normalized spacial score (nSPS) is 13.4. The van der Waals surface area contributed by atoms with Gasteiger partial charge in [0, 0.05) is 12.6 Å². The summed E-state index contributed by atoms with van der Waals surface area (Å²) in [5, 5.41) is 2.36. The molecule has 0 saturated carbocycles. The van der Waals surface area contributed by atoms with Crippen LogP contribution in [0.1, 0.15) is 34.3 Å². The Morgan fingerprint density at radius 2 is 1.78 bits per heavy atom. The van der Waals surface area contributed by atoms with E-state index in [9.17, 15) is 9.59 Å². The molecule has 0 atom stereocenters. The summed E-state index contributed by atoms with van der Waals surface area (Å²) in [5.74, 6) is -0.299. The van der Waals surface area contributed by atoms with Crippen molar-refractivity contribution >= 4 is 11.9 Å². The highest BCUT2D eigenvalue weighted by Gasteiger charge is 2.12. The van der Waals surface area contributed by atoms with Gasteiger partial charge in [-0.25, -0.2) is 10.2 Å². The third-order valence-electron chi connectivity index (χ3n) is 3.13. The van der Waals surface area contributed by atoms with E-state index in [1.165, 1.54) is 31.0 Å². The Morgan fingerprint density at radius 3 is 2.50 bits per heavy atom. The predicted octanol–water partition coefficient (Wildman–Crippen LogP) is 1.14. The Balaban J connectivity index is 2.04. The zero-order chi connectivity index (χ0) is 13.0. The molecule has 3 N–H and O–H groups in total. The molecule has 0 fully saturated rings. The van der Waals surface area contributed by atoms with Crippen molar-refractivity contribution in [3.05, 3.63) is 34.9 Å². The first-order valence-electron chi connectivity index (χ1n) is 6.10. The Kier molecular flexibility index (Phi) is 3.82. The number of hydrogen-bond donors (Lipinski definition) is 3. The first-order valence-corrected chi connectivity index (χ1v) is 6.10. The predicted molar refractivity (Wildman–Crippen MR) is 68.1 cm³/mol. The lowest BCUT2D eigenvalue weighted by Crippen LogP contribution is -2.45. The van der Waals surface area contributed by atoms with Crippen LogP contribution in [0.3, 0.4) is 0 Å². The summed E-state index contributed by atoms with van der Waals surface area (Å²) in [4.78, 5) is 22.7. The third kappa shape index (κ3) is 2.80. The van der Waals surface area contributed by atoms with Crippen LogP contribution in [0.15, 0.2) is 18.2 Å². The molecule has 0 spiro atoms. The molecule has 0 bridgehead atoms. The van der Waals surface area contributed by atoms with Gasteiger partial charge in [0.2, 0.25) is 0 Å². The van der Waals surface area contributed by atoms with Gasteiger partial charge >= 0.3 is 6.03 Å². The standard InChI is InChI=1S/C13H17N3O2/c1-14-13(18)16-15-12(17)11-7-6-9-4-2-3-5-10(9)8-11/h6-8H,2-5H2,1H3,(H,15,17)(H2,14,16,18). The fourth-order valence-electron chi connectivity index (χ4n) is 2.12. The number of benzene rings is 1. The Morgan fingerprint density at radius 1 is 1.06 bits per heavy atom. The molecule has 1 aromatic carbocycles. The summed E-state index contributed by atoms with van der Waals surface area (Å²) < 4.78 is 0. The summed E-state index contributed by atoms with van der Waals surface area (Å²) in [6, 6.07) is 5.27. The van der Waals surface area contributed by atoms with Gasteiger partial charge in [-0.1, -0.05) is 6.07 Å². The van der Waals surface area contributed by atoms with Gasteiger partial charge in [-0.2, -0.15) is 0 Å². The molecule has 96 valence electrons. The molecule has 0 aliphatic heterocycles. The molecule has 3 amide bonds. The van der Waals surface area contributed by atoms with Gasteiger partial charge < -0.3 is 5.32 Å². The highest BCUT2D eigenvalue weighted by Crippen LogP contribution is 2.22. The largest absolute Gasteiger partial charge is 0.340 e. The summed E-state index contributed by atoms with van der Waals surface area (Å²) in [7, 11) is 1.49. The molecule has 1 aromatic rings. The van der Waals surface area contributed by atoms with E-state index in [2.05, 4.69) is 16.2 Å². The van der Waals surface area contributed by atoms with Crippen LogP contribution in [-0.4, -0.2) is 19.0 Å². The lowest BCUT2D eigenvalue weighted by Gasteiger charge is -2.16. The Hall–Kier alpha value is -2.04. The molecular formula is C13H17N3O2. The molecule has 0 unspecified atom stereocenters. The Bertz CT molecular complexity index is 471. The van der Waals surface area contributed by atoms with Crippen LogP contribution < -0.4 is 16.2 Å². The number of nitrogens with one attached hydrogen (secondary N) is 3. The SMILES string of the molecule is CNC(=O)NNC(=O)c1ccc2c(c1)CCCC2. The second kappa shape index (κ2) is 5.53. The van der Waals surface area contributed by atoms with Gasteiger partial charge in [0.05, 0.1) is 0 Å². The maximum Gasteiger partial charge on any atom is 0.333 e. The van der Waals surface area contributed by atoms with Crippen LogP contribution in [0.2, 0.25) is 0 Å². The zero-order valence-corrected chi connectivity index (χ0v) is 10.4. The highest BCUT2D eigenvalue weighted by atomic mass is 16.2. The number of fused-ring (bicyclic) bond motifs is 1. The number of hydrogen-bond acceptors (Lipinski definition) is 2. The van der Waals surface area contributed by atoms with Gasteiger partial charge in [-0.05, 0) is 48.9 Å². The molecule has 5 nitrogen and oxygen atoms in total. The van der Waals surface area contributed by atoms with E-state index in [1.807, 2.05) is 12.1 Å². The molecule has 1 aliphatic carbocycles. The van der Waals surface area contributed by atoms with Crippen LogP contribution in [0.4, 0.5) is 4.79 Å². The van der Waals surface area contributed by atoms with Gasteiger partial charge in [-0.3, -0.25) is 10.2 Å². The average molecular weight is 247 g/mol. The first kappa shape index (κ1) is 12.4. The van der Waals surface area contributed by atoms with Crippen LogP contribution in [-0.2, 0) is 12.8 Å². The molecule has 0 radical (unpaired) electrons. The number of aryl methyl sites for hydroxylation is 2. The summed E-state index contributed by atoms with van der Waals surface area (Å²) in [6.45, 7) is 0. The van der Waals surface area contributed by atoms with Crippen LogP contribution in [0.5, 0.6) is 0 Å². The van der Waals surface area contributed by atoms with Gasteiger partial charge in [-0.15, -0.1) is 0 Å². The van der Waals surface area contributed by atoms with Gasteiger partial charge in [0.15, 0.2) is 0 Å². The number of carbonyl (C=O) groups excluding carboxylic acids is 2. The van der Waals surface area contributed by atoms with E-state index in [0.717, 1.165) is 12.8 Å². The molecule has 1 aliphatic rings. The average Bonchev–Trinajstić information content (AvgIpc) is 2.43. The number of hydrazine groups is 1. The van der Waals surface area contributed by atoms with E-state index >= 15 is 0 Å². The van der Waals surface area contributed by atoms with E-state index in [0.29, 0.717) is 5.56 Å². The molecule has 0 aromatic heterocycles. The minimum Gasteiger partial charge on any atom is -0.340 e. The van der Waals surface area contributed by atoms with Crippen molar-refractivity contribution < 1.29 is 9.59 Å². The minimum atomic E-state index is -0.443. The van der Waals surface area contributed by atoms with Crippen molar-refractivity contribution in [2.24, 2.45) is 0 Å². The van der Waals surface area contributed by atoms with Crippen LogP contribution >= 0.6 is 0 Å². The quantitative estimate of drug-likeness (QED) is 0.651. The van der Waals surface area contributed by atoms with Crippen molar-refractivity contribution in [2.75, 3.05) is 7.05 Å². The summed E-state index contributed by atoms with van der Waals surface area (Å²) in [6.07, 6.45) is 4.51. The second-order valence-electron chi connectivity index (χ2n) is 4.35. The van der Waals surface area contributed by atoms with Crippen molar-refractivity contribution in [1.82, 2.24) is 16.2 Å². The topological polar surface area (TPSA) is 70.2 Å². The molecule has 2 rings (SSSR count). The monoisotopic (exact) mass is 247 g/mol. The second-order valence-corrected chi connectivity index (χ2v) is 4.35. The minimum absolute atomic E-state index is 0.299. The summed E-state index contributed by atoms with van der Waals surface area (Å²) >= 11 is 0. The van der Waals surface area contributed by atoms with Gasteiger partial charge in [0.25, 0.3) is 5.91 Å². The zero-order valence-electron chi connectivity index (χ0n) is 10.4.